The van der Waals surface area contributed by atoms with Crippen molar-refractivity contribution in [3.8, 4) is 11.5 Å². The number of hydrogen-bond donors (Lipinski definition) is 1. The molecule has 0 amide bonds. The summed E-state index contributed by atoms with van der Waals surface area (Å²) < 4.78 is 18.6. The van der Waals surface area contributed by atoms with Gasteiger partial charge in [0.25, 0.3) is 0 Å². The van der Waals surface area contributed by atoms with Gasteiger partial charge >= 0.3 is 5.97 Å². The van der Waals surface area contributed by atoms with E-state index in [1.54, 1.807) is 25.1 Å². The molecular weight excluding hydrogens is 273 g/mol. The van der Waals surface area contributed by atoms with Crippen molar-refractivity contribution in [1.29, 1.82) is 0 Å². The molecule has 0 saturated carbocycles. The number of fused-ring (bicyclic) bond motifs is 1. The number of benzene rings is 1. The standard InChI is InChI=1S/C16H14FNO3/c1-9(16(19)20)11-4-7-14-13(8-11)18-15(21-14)10-2-5-12(17)6-3-10/h2-3,5-6,8-9H,4,7H2,1H3,(H,19,20)/t9-/m0/s1. The molecule has 1 aliphatic carbocycles. The van der Waals surface area contributed by atoms with E-state index in [-0.39, 0.29) is 5.82 Å². The number of oxazole rings is 1. The maximum Gasteiger partial charge on any atom is 0.310 e. The number of nitrogens with zero attached hydrogens (tertiary/aromatic N) is 1. The average Bonchev–Trinajstić information content (AvgIpc) is 2.89. The van der Waals surface area contributed by atoms with E-state index in [4.69, 9.17) is 9.52 Å². The lowest BCUT2D eigenvalue weighted by atomic mass is 9.91. The molecule has 108 valence electrons. The molecule has 21 heavy (non-hydrogen) atoms. The second-order valence-corrected chi connectivity index (χ2v) is 5.11. The lowest BCUT2D eigenvalue weighted by Gasteiger charge is -2.14. The highest BCUT2D eigenvalue weighted by molar-refractivity contribution is 5.76. The fraction of sp³-hybridized carbons (Fsp3) is 0.250. The quantitative estimate of drug-likeness (QED) is 0.938. The molecule has 1 heterocycles. The van der Waals surface area contributed by atoms with E-state index < -0.39 is 11.9 Å². The van der Waals surface area contributed by atoms with Crippen molar-refractivity contribution in [1.82, 2.24) is 4.98 Å². The Morgan fingerprint density at radius 3 is 2.71 bits per heavy atom. The highest BCUT2D eigenvalue weighted by atomic mass is 19.1. The second kappa shape index (κ2) is 5.16. The Hall–Kier alpha value is -2.43. The lowest BCUT2D eigenvalue weighted by Crippen LogP contribution is -2.14. The minimum atomic E-state index is -0.841. The topological polar surface area (TPSA) is 63.3 Å². The number of halogens is 1. The van der Waals surface area contributed by atoms with Gasteiger partial charge in [-0.15, -0.1) is 0 Å². The van der Waals surface area contributed by atoms with Gasteiger partial charge in [-0.2, -0.15) is 0 Å². The van der Waals surface area contributed by atoms with Crippen LogP contribution in [-0.4, -0.2) is 16.1 Å². The summed E-state index contributed by atoms with van der Waals surface area (Å²) in [5, 5.41) is 9.07. The minimum Gasteiger partial charge on any atom is -0.481 e. The number of aliphatic carboxylic acids is 1. The maximum absolute atomic E-state index is 12.9. The number of carboxylic acid groups (broad SMARTS) is 1. The number of aromatic nitrogens is 1. The van der Waals surface area contributed by atoms with Crippen LogP contribution in [0.1, 0.15) is 24.8 Å². The summed E-state index contributed by atoms with van der Waals surface area (Å²) in [6.07, 6.45) is 3.07. The van der Waals surface area contributed by atoms with E-state index in [9.17, 15) is 9.18 Å². The largest absolute Gasteiger partial charge is 0.481 e. The van der Waals surface area contributed by atoms with E-state index >= 15 is 0 Å². The minimum absolute atomic E-state index is 0.312. The van der Waals surface area contributed by atoms with E-state index in [1.807, 2.05) is 0 Å². The molecule has 1 atom stereocenters. The Bertz CT molecular complexity index is 716. The summed E-state index contributed by atoms with van der Waals surface area (Å²) in [4.78, 5) is 15.4. The molecule has 0 unspecified atom stereocenters. The van der Waals surface area contributed by atoms with Crippen molar-refractivity contribution < 1.29 is 18.7 Å². The number of aryl methyl sites for hydroxylation is 1. The second-order valence-electron chi connectivity index (χ2n) is 5.11. The molecule has 2 aromatic rings. The predicted octanol–water partition coefficient (Wildman–Crippen LogP) is 3.53. The van der Waals surface area contributed by atoms with Crippen LogP contribution in [0.2, 0.25) is 0 Å². The van der Waals surface area contributed by atoms with Crippen LogP contribution in [0, 0.1) is 11.7 Å². The third-order valence-electron chi connectivity index (χ3n) is 3.71. The van der Waals surface area contributed by atoms with Crippen molar-refractivity contribution in [2.24, 2.45) is 5.92 Å². The SMILES string of the molecule is C[C@H](C(=O)O)C1=Cc2nc(-c3ccc(F)cc3)oc2CC1. The van der Waals surface area contributed by atoms with E-state index in [1.165, 1.54) is 12.1 Å². The number of carbonyl (C=O) groups is 1. The van der Waals surface area contributed by atoms with Gasteiger partial charge in [-0.1, -0.05) is 5.57 Å². The van der Waals surface area contributed by atoms with Crippen LogP contribution in [0.15, 0.2) is 34.3 Å². The van der Waals surface area contributed by atoms with E-state index in [2.05, 4.69) is 4.98 Å². The summed E-state index contributed by atoms with van der Waals surface area (Å²) in [5.41, 5.74) is 2.21. The Kier molecular flexibility index (Phi) is 3.33. The fourth-order valence-corrected chi connectivity index (χ4v) is 2.38. The van der Waals surface area contributed by atoms with Gasteiger partial charge in [-0.3, -0.25) is 4.79 Å². The molecule has 1 aromatic carbocycles. The van der Waals surface area contributed by atoms with Gasteiger partial charge in [0.15, 0.2) is 0 Å². The smallest absolute Gasteiger partial charge is 0.310 e. The van der Waals surface area contributed by atoms with Gasteiger partial charge in [-0.25, -0.2) is 9.37 Å². The third kappa shape index (κ3) is 2.59. The van der Waals surface area contributed by atoms with Crippen molar-refractivity contribution in [2.45, 2.75) is 19.8 Å². The first-order chi connectivity index (χ1) is 10.0. The van der Waals surface area contributed by atoms with Crippen LogP contribution in [0.5, 0.6) is 0 Å². The van der Waals surface area contributed by atoms with Crippen LogP contribution in [-0.2, 0) is 11.2 Å². The Labute approximate surface area is 120 Å². The molecular formula is C16H14FNO3. The molecule has 3 rings (SSSR count). The molecule has 4 nitrogen and oxygen atoms in total. The summed E-state index contributed by atoms with van der Waals surface area (Å²) in [7, 11) is 0. The Balaban J connectivity index is 1.94. The zero-order chi connectivity index (χ0) is 15.0. The Morgan fingerprint density at radius 1 is 1.33 bits per heavy atom. The summed E-state index contributed by atoms with van der Waals surface area (Å²) in [6.45, 7) is 1.67. The molecule has 1 aromatic heterocycles. The molecule has 1 N–H and O–H groups in total. The fourth-order valence-electron chi connectivity index (χ4n) is 2.38. The highest BCUT2D eigenvalue weighted by Crippen LogP contribution is 2.31. The summed E-state index contributed by atoms with van der Waals surface area (Å²) >= 11 is 0. The molecule has 1 aliphatic rings. The summed E-state index contributed by atoms with van der Waals surface area (Å²) in [6, 6.07) is 5.92. The molecule has 0 fully saturated rings. The Morgan fingerprint density at radius 2 is 2.05 bits per heavy atom. The van der Waals surface area contributed by atoms with Crippen molar-refractivity contribution in [3.63, 3.8) is 0 Å². The first-order valence-electron chi connectivity index (χ1n) is 6.73. The zero-order valence-corrected chi connectivity index (χ0v) is 11.5. The van der Waals surface area contributed by atoms with Gasteiger partial charge in [0.1, 0.15) is 17.3 Å². The monoisotopic (exact) mass is 287 g/mol. The summed E-state index contributed by atoms with van der Waals surface area (Å²) in [5.74, 6) is -0.500. The van der Waals surface area contributed by atoms with Gasteiger partial charge in [0.05, 0.1) is 5.92 Å². The van der Waals surface area contributed by atoms with Crippen LogP contribution in [0.25, 0.3) is 17.5 Å². The number of rotatable bonds is 3. The first-order valence-corrected chi connectivity index (χ1v) is 6.73. The predicted molar refractivity (Wildman–Crippen MR) is 75.0 cm³/mol. The first kappa shape index (κ1) is 13.5. The van der Waals surface area contributed by atoms with Crippen molar-refractivity contribution >= 4 is 12.0 Å². The van der Waals surface area contributed by atoms with Gasteiger partial charge < -0.3 is 9.52 Å². The van der Waals surface area contributed by atoms with Crippen molar-refractivity contribution in [2.75, 3.05) is 0 Å². The molecule has 5 heteroatoms. The van der Waals surface area contributed by atoms with Gasteiger partial charge in [0, 0.05) is 12.0 Å². The van der Waals surface area contributed by atoms with Gasteiger partial charge in [0.2, 0.25) is 5.89 Å². The lowest BCUT2D eigenvalue weighted by molar-refractivity contribution is -0.139. The van der Waals surface area contributed by atoms with Crippen LogP contribution in [0.4, 0.5) is 4.39 Å². The van der Waals surface area contributed by atoms with Gasteiger partial charge in [-0.05, 0) is 43.7 Å². The average molecular weight is 287 g/mol. The number of carboxylic acids is 1. The van der Waals surface area contributed by atoms with E-state index in [0.29, 0.717) is 30.0 Å². The normalized spacial score (nSPS) is 15.2. The highest BCUT2D eigenvalue weighted by Gasteiger charge is 2.24. The molecule has 0 spiro atoms. The molecule has 0 radical (unpaired) electrons. The van der Waals surface area contributed by atoms with Crippen LogP contribution >= 0.6 is 0 Å². The van der Waals surface area contributed by atoms with Crippen LogP contribution in [0.3, 0.4) is 0 Å². The third-order valence-corrected chi connectivity index (χ3v) is 3.71. The maximum atomic E-state index is 12.9. The molecule has 0 aliphatic heterocycles. The molecule has 0 saturated heterocycles. The zero-order valence-electron chi connectivity index (χ0n) is 11.5. The van der Waals surface area contributed by atoms with Crippen LogP contribution < -0.4 is 0 Å². The molecule has 0 bridgehead atoms. The van der Waals surface area contributed by atoms with E-state index in [0.717, 1.165) is 11.3 Å². The van der Waals surface area contributed by atoms with Crippen molar-refractivity contribution in [3.05, 3.63) is 47.1 Å². The number of hydrogen-bond acceptors (Lipinski definition) is 3.